The van der Waals surface area contributed by atoms with E-state index in [4.69, 9.17) is 0 Å². The number of hydrogen-bond donors (Lipinski definition) is 2. The maximum atomic E-state index is 12.0. The molecule has 3 rings (SSSR count). The Kier molecular flexibility index (Phi) is 5.24. The van der Waals surface area contributed by atoms with E-state index in [-0.39, 0.29) is 5.91 Å². The van der Waals surface area contributed by atoms with E-state index in [1.807, 2.05) is 12.3 Å². The normalized spacial score (nSPS) is 16.7. The molecule has 0 bridgehead atoms. The lowest BCUT2D eigenvalue weighted by Gasteiger charge is -2.30. The van der Waals surface area contributed by atoms with E-state index in [1.165, 1.54) is 10.6 Å². The highest BCUT2D eigenvalue weighted by Gasteiger charge is 2.22. The van der Waals surface area contributed by atoms with Crippen molar-refractivity contribution in [2.24, 2.45) is 0 Å². The molecule has 2 aromatic rings. The fourth-order valence-corrected chi connectivity index (χ4v) is 3.64. The second-order valence-corrected chi connectivity index (χ2v) is 6.77. The first-order valence-corrected chi connectivity index (χ1v) is 8.70. The SMILES string of the molecule is O=C(CN1CCC(c2ccn[nH]2)CC1)NCCc1cccs1. The third kappa shape index (κ3) is 4.18. The number of piperidine rings is 1. The van der Waals surface area contributed by atoms with Crippen molar-refractivity contribution in [3.63, 3.8) is 0 Å². The summed E-state index contributed by atoms with van der Waals surface area (Å²) in [5.41, 5.74) is 1.22. The number of nitrogens with one attached hydrogen (secondary N) is 2. The lowest BCUT2D eigenvalue weighted by atomic mass is 9.94. The molecule has 0 aromatic carbocycles. The Morgan fingerprint density at radius 1 is 1.41 bits per heavy atom. The van der Waals surface area contributed by atoms with Gasteiger partial charge in [-0.3, -0.25) is 14.8 Å². The van der Waals surface area contributed by atoms with Gasteiger partial charge in [-0.25, -0.2) is 0 Å². The molecule has 0 atom stereocenters. The van der Waals surface area contributed by atoms with Crippen LogP contribution in [0.25, 0.3) is 0 Å². The van der Waals surface area contributed by atoms with Gasteiger partial charge in [-0.15, -0.1) is 11.3 Å². The van der Waals surface area contributed by atoms with E-state index in [9.17, 15) is 4.79 Å². The third-order valence-corrected chi connectivity index (χ3v) is 5.13. The molecule has 1 amide bonds. The average Bonchev–Trinajstić information content (AvgIpc) is 3.21. The van der Waals surface area contributed by atoms with Gasteiger partial charge in [-0.1, -0.05) is 6.07 Å². The first-order chi connectivity index (χ1) is 10.8. The quantitative estimate of drug-likeness (QED) is 0.856. The smallest absolute Gasteiger partial charge is 0.234 e. The number of carbonyl (C=O) groups excluding carboxylic acids is 1. The minimum atomic E-state index is 0.136. The molecule has 0 aliphatic carbocycles. The Morgan fingerprint density at radius 3 is 2.95 bits per heavy atom. The Bertz CT molecular complexity index is 559. The van der Waals surface area contributed by atoms with Crippen LogP contribution >= 0.6 is 11.3 Å². The molecule has 3 heterocycles. The zero-order valence-corrected chi connectivity index (χ0v) is 13.4. The summed E-state index contributed by atoms with van der Waals surface area (Å²) < 4.78 is 0. The van der Waals surface area contributed by atoms with E-state index >= 15 is 0 Å². The largest absolute Gasteiger partial charge is 0.355 e. The van der Waals surface area contributed by atoms with Gasteiger partial charge in [0.25, 0.3) is 0 Å². The van der Waals surface area contributed by atoms with E-state index in [0.29, 0.717) is 12.5 Å². The van der Waals surface area contributed by atoms with Gasteiger partial charge >= 0.3 is 0 Å². The number of aromatic nitrogens is 2. The van der Waals surface area contributed by atoms with Gasteiger partial charge in [0, 0.05) is 29.2 Å². The van der Waals surface area contributed by atoms with Crippen LogP contribution in [0.4, 0.5) is 0 Å². The lowest BCUT2D eigenvalue weighted by Crippen LogP contribution is -2.41. The number of rotatable bonds is 6. The predicted molar refractivity (Wildman–Crippen MR) is 88.0 cm³/mol. The maximum Gasteiger partial charge on any atom is 0.234 e. The number of likely N-dealkylation sites (tertiary alicyclic amines) is 1. The van der Waals surface area contributed by atoms with Crippen LogP contribution in [0.3, 0.4) is 0 Å². The fourth-order valence-electron chi connectivity index (χ4n) is 2.94. The summed E-state index contributed by atoms with van der Waals surface area (Å²) in [5.74, 6) is 0.692. The highest BCUT2D eigenvalue weighted by molar-refractivity contribution is 7.09. The summed E-state index contributed by atoms with van der Waals surface area (Å²) in [6.07, 6.45) is 4.91. The summed E-state index contributed by atoms with van der Waals surface area (Å²) >= 11 is 1.74. The molecule has 2 N–H and O–H groups in total. The van der Waals surface area contributed by atoms with Crippen LogP contribution in [0.2, 0.25) is 0 Å². The molecule has 22 heavy (non-hydrogen) atoms. The Balaban J connectivity index is 1.34. The van der Waals surface area contributed by atoms with Crippen molar-refractivity contribution in [3.8, 4) is 0 Å². The molecule has 0 saturated carbocycles. The van der Waals surface area contributed by atoms with Crippen LogP contribution in [0, 0.1) is 0 Å². The molecule has 1 fully saturated rings. The van der Waals surface area contributed by atoms with Crippen LogP contribution < -0.4 is 5.32 Å². The number of amides is 1. The van der Waals surface area contributed by atoms with Gasteiger partial charge in [-0.05, 0) is 49.9 Å². The summed E-state index contributed by atoms with van der Waals surface area (Å²) in [6.45, 7) is 3.19. The van der Waals surface area contributed by atoms with Crippen LogP contribution in [0.15, 0.2) is 29.8 Å². The van der Waals surface area contributed by atoms with Crippen LogP contribution in [0.5, 0.6) is 0 Å². The first kappa shape index (κ1) is 15.2. The fraction of sp³-hybridized carbons (Fsp3) is 0.500. The third-order valence-electron chi connectivity index (χ3n) is 4.19. The number of H-pyrrole nitrogens is 1. The van der Waals surface area contributed by atoms with Crippen molar-refractivity contribution in [2.75, 3.05) is 26.2 Å². The highest BCUT2D eigenvalue weighted by Crippen LogP contribution is 2.25. The molecule has 5 nitrogen and oxygen atoms in total. The van der Waals surface area contributed by atoms with Gasteiger partial charge in [0.1, 0.15) is 0 Å². The van der Waals surface area contributed by atoms with E-state index < -0.39 is 0 Å². The van der Waals surface area contributed by atoms with Crippen molar-refractivity contribution < 1.29 is 4.79 Å². The zero-order chi connectivity index (χ0) is 15.2. The lowest BCUT2D eigenvalue weighted by molar-refractivity contribution is -0.122. The molecule has 0 radical (unpaired) electrons. The Labute approximate surface area is 134 Å². The molecule has 118 valence electrons. The number of thiophene rings is 1. The van der Waals surface area contributed by atoms with Crippen molar-refractivity contribution in [1.82, 2.24) is 20.4 Å². The maximum absolute atomic E-state index is 12.0. The second-order valence-electron chi connectivity index (χ2n) is 5.74. The number of nitrogens with zero attached hydrogens (tertiary/aromatic N) is 2. The topological polar surface area (TPSA) is 61.0 Å². The van der Waals surface area contributed by atoms with E-state index in [2.05, 4.69) is 37.9 Å². The summed E-state index contributed by atoms with van der Waals surface area (Å²) in [6, 6.07) is 6.21. The molecule has 1 saturated heterocycles. The van der Waals surface area contributed by atoms with Crippen LogP contribution in [-0.2, 0) is 11.2 Å². The van der Waals surface area contributed by atoms with Crippen molar-refractivity contribution >= 4 is 17.2 Å². The molecular formula is C16H22N4OS. The first-order valence-electron chi connectivity index (χ1n) is 7.82. The van der Waals surface area contributed by atoms with Crippen LogP contribution in [0.1, 0.15) is 29.3 Å². The molecule has 2 aromatic heterocycles. The Hall–Kier alpha value is -1.66. The van der Waals surface area contributed by atoms with E-state index in [1.54, 1.807) is 11.3 Å². The van der Waals surface area contributed by atoms with Crippen molar-refractivity contribution in [1.29, 1.82) is 0 Å². The summed E-state index contributed by atoms with van der Waals surface area (Å²) in [5, 5.41) is 12.2. The van der Waals surface area contributed by atoms with Crippen molar-refractivity contribution in [3.05, 3.63) is 40.3 Å². The van der Waals surface area contributed by atoms with Gasteiger partial charge < -0.3 is 5.32 Å². The van der Waals surface area contributed by atoms with Gasteiger partial charge in [0.05, 0.1) is 6.54 Å². The van der Waals surface area contributed by atoms with E-state index in [0.717, 1.165) is 38.9 Å². The van der Waals surface area contributed by atoms with Crippen molar-refractivity contribution in [2.45, 2.75) is 25.2 Å². The number of aromatic amines is 1. The van der Waals surface area contributed by atoms with Gasteiger partial charge in [0.2, 0.25) is 5.91 Å². The second kappa shape index (κ2) is 7.56. The molecule has 0 spiro atoms. The van der Waals surface area contributed by atoms with Gasteiger partial charge in [0.15, 0.2) is 0 Å². The molecule has 1 aliphatic rings. The minimum absolute atomic E-state index is 0.136. The summed E-state index contributed by atoms with van der Waals surface area (Å²) in [7, 11) is 0. The number of carbonyl (C=O) groups is 1. The molecule has 1 aliphatic heterocycles. The zero-order valence-electron chi connectivity index (χ0n) is 12.6. The molecule has 0 unspecified atom stereocenters. The van der Waals surface area contributed by atoms with Gasteiger partial charge in [-0.2, -0.15) is 5.10 Å². The van der Waals surface area contributed by atoms with Crippen LogP contribution in [-0.4, -0.2) is 47.2 Å². The standard InChI is InChI=1S/C16H22N4OS/c21-16(17-7-3-14-2-1-11-22-14)12-20-9-5-13(6-10-20)15-4-8-18-19-15/h1-2,4,8,11,13H,3,5-7,9-10,12H2,(H,17,21)(H,18,19). The average molecular weight is 318 g/mol. The molecule has 6 heteroatoms. The monoisotopic (exact) mass is 318 g/mol. The highest BCUT2D eigenvalue weighted by atomic mass is 32.1. The number of hydrogen-bond acceptors (Lipinski definition) is 4. The predicted octanol–water partition coefficient (Wildman–Crippen LogP) is 2.01. The minimum Gasteiger partial charge on any atom is -0.355 e. The molecular weight excluding hydrogens is 296 g/mol. The summed E-state index contributed by atoms with van der Waals surface area (Å²) in [4.78, 5) is 15.5. The Morgan fingerprint density at radius 2 is 2.27 bits per heavy atom.